The summed E-state index contributed by atoms with van der Waals surface area (Å²) < 4.78 is 34.7. The number of ether oxygens (including phenoxy) is 2. The van der Waals surface area contributed by atoms with Crippen LogP contribution in [0, 0.1) is 0 Å². The van der Waals surface area contributed by atoms with Gasteiger partial charge in [0, 0.05) is 12.8 Å². The maximum Gasteiger partial charge on any atom is 0.472 e. The number of quaternary nitrogens is 1. The Kier molecular flexibility index (Phi) is 63.3. The number of phosphoric acid groups is 1. The van der Waals surface area contributed by atoms with Crippen LogP contribution < -0.4 is 0 Å². The van der Waals surface area contributed by atoms with Crippen LogP contribution >= 0.6 is 7.82 Å². The lowest BCUT2D eigenvalue weighted by Gasteiger charge is -2.24. The highest BCUT2D eigenvalue weighted by Crippen LogP contribution is 2.43. The Morgan fingerprint density at radius 3 is 0.909 bits per heavy atom. The summed E-state index contributed by atoms with van der Waals surface area (Å²) in [7, 11) is 1.45. The number of carbonyl (C=O) groups is 2. The third kappa shape index (κ3) is 70.5. The zero-order valence-corrected chi connectivity index (χ0v) is 57.5. The zero-order valence-electron chi connectivity index (χ0n) is 56.6. The molecule has 0 amide bonds. The number of nitrogens with zero attached hydrogens (tertiary/aromatic N) is 1. The minimum atomic E-state index is -4.41. The Morgan fingerprint density at radius 2 is 0.614 bits per heavy atom. The van der Waals surface area contributed by atoms with E-state index in [9.17, 15) is 19.0 Å². The maximum atomic E-state index is 12.9. The number of phosphoric ester groups is 1. The summed E-state index contributed by atoms with van der Waals surface area (Å²) in [6.45, 7) is 4.18. The highest BCUT2D eigenvalue weighted by Gasteiger charge is 2.27. The topological polar surface area (TPSA) is 108 Å². The molecule has 0 aliphatic carbocycles. The van der Waals surface area contributed by atoms with Gasteiger partial charge in [0.1, 0.15) is 19.8 Å². The number of hydrogen-bond acceptors (Lipinski definition) is 7. The molecule has 88 heavy (non-hydrogen) atoms. The number of carbonyl (C=O) groups excluding carboxylic acids is 2. The summed E-state index contributed by atoms with van der Waals surface area (Å²) in [6, 6.07) is 0. The van der Waals surface area contributed by atoms with E-state index in [2.05, 4.69) is 184 Å². The molecule has 2 unspecified atom stereocenters. The van der Waals surface area contributed by atoms with Gasteiger partial charge in [-0.05, 0) is 128 Å². The molecule has 0 spiro atoms. The largest absolute Gasteiger partial charge is 0.472 e. The maximum absolute atomic E-state index is 12.9. The van der Waals surface area contributed by atoms with E-state index in [1.807, 2.05) is 21.1 Å². The normalized spacial score (nSPS) is 14.2. The van der Waals surface area contributed by atoms with E-state index < -0.39 is 26.5 Å². The van der Waals surface area contributed by atoms with Crippen LogP contribution in [-0.2, 0) is 32.7 Å². The van der Waals surface area contributed by atoms with Crippen molar-refractivity contribution in [1.29, 1.82) is 0 Å². The van der Waals surface area contributed by atoms with Crippen molar-refractivity contribution < 1.29 is 42.1 Å². The second kappa shape index (κ2) is 66.8. The van der Waals surface area contributed by atoms with Crippen molar-refractivity contribution in [3.63, 3.8) is 0 Å². The van der Waals surface area contributed by atoms with Gasteiger partial charge in [0.15, 0.2) is 6.10 Å². The number of likely N-dealkylation sites (N-methyl/N-ethyl adjacent to an activating group) is 1. The summed E-state index contributed by atoms with van der Waals surface area (Å²) in [4.78, 5) is 35.9. The molecule has 0 saturated heterocycles. The summed E-state index contributed by atoms with van der Waals surface area (Å²) in [5.74, 6) is -0.817. The number of allylic oxidation sites excluding steroid dienone is 28. The van der Waals surface area contributed by atoms with Gasteiger partial charge in [-0.15, -0.1) is 0 Å². The van der Waals surface area contributed by atoms with Crippen LogP contribution in [0.5, 0.6) is 0 Å². The van der Waals surface area contributed by atoms with Crippen LogP contribution in [0.1, 0.15) is 258 Å². The Morgan fingerprint density at radius 1 is 0.352 bits per heavy atom. The van der Waals surface area contributed by atoms with Gasteiger partial charge in [-0.2, -0.15) is 0 Å². The molecule has 10 heteroatoms. The van der Waals surface area contributed by atoms with Crippen LogP contribution in [0.25, 0.3) is 0 Å². The van der Waals surface area contributed by atoms with Gasteiger partial charge in [-0.25, -0.2) is 4.57 Å². The summed E-state index contributed by atoms with van der Waals surface area (Å²) in [5.41, 5.74) is 0. The lowest BCUT2D eigenvalue weighted by atomic mass is 10.0. The Hall–Kier alpha value is -4.63. The van der Waals surface area contributed by atoms with Crippen molar-refractivity contribution in [2.45, 2.75) is 264 Å². The third-order valence-corrected chi connectivity index (χ3v) is 15.2. The first kappa shape index (κ1) is 83.4. The third-order valence-electron chi connectivity index (χ3n) is 14.2. The SMILES string of the molecule is CC/C=C\C/C=C\C/C=C\C/C=C\C/C=C\C/C=C\C/C=C\C/C=C\CCCCCCCCCCC(=O)OC(COC(=O)CCCCCCCCCCCCCC/C=C\C/C=C\C/C=C\C/C=C\C/C=C\C/C=C\CC)COP(=O)(O)OCC[N+](C)(C)C. The molecule has 0 aromatic rings. The van der Waals surface area contributed by atoms with Gasteiger partial charge in [0.2, 0.25) is 0 Å². The van der Waals surface area contributed by atoms with Crippen LogP contribution in [0.15, 0.2) is 170 Å². The van der Waals surface area contributed by atoms with Gasteiger partial charge in [-0.1, -0.05) is 287 Å². The predicted molar refractivity (Wildman–Crippen MR) is 380 cm³/mol. The zero-order chi connectivity index (χ0) is 64.1. The van der Waals surface area contributed by atoms with Gasteiger partial charge >= 0.3 is 19.8 Å². The molecule has 0 rings (SSSR count). The standard InChI is InChI=1S/C78H128NO8P/c1-6-8-10-12-14-16-18-20-22-24-26-28-30-32-34-36-38-39-41-43-45-47-49-51-53-55-57-59-61-63-65-67-69-71-78(81)87-76(75-86-88(82,83)85-73-72-79(3,4)5)74-84-77(80)70-68-66-64-62-60-58-56-54-52-50-48-46-44-42-40-37-35-33-31-29-27-25-23-21-19-17-15-13-11-9-7-2/h8-11,14-17,20-23,26-29,32-35,38-40,42-43,45,49,51,76H,6-7,12-13,18-19,24-25,30-31,36-37,41,44,46-48,50,52-75H2,1-5H3/p+1/b10-8-,11-9-,16-14-,17-15-,22-20-,23-21-,28-26-,29-27-,34-32-,35-33-,39-38-,42-40-,45-43-,51-49-. The first-order valence-electron chi connectivity index (χ1n) is 34.9. The Bertz CT molecular complexity index is 2090. The first-order chi connectivity index (χ1) is 43.0. The van der Waals surface area contributed by atoms with E-state index >= 15 is 0 Å². The fraction of sp³-hybridized carbons (Fsp3) is 0.615. The number of rotatable bonds is 62. The first-order valence-corrected chi connectivity index (χ1v) is 36.4. The molecule has 0 aliphatic rings. The number of unbranched alkanes of at least 4 members (excludes halogenated alkanes) is 20. The minimum absolute atomic E-state index is 0.0209. The van der Waals surface area contributed by atoms with Gasteiger partial charge in [0.25, 0.3) is 0 Å². The molecular weight excluding hydrogens is 1110 g/mol. The van der Waals surface area contributed by atoms with Crippen molar-refractivity contribution in [2.75, 3.05) is 47.5 Å². The van der Waals surface area contributed by atoms with E-state index in [1.54, 1.807) is 0 Å². The van der Waals surface area contributed by atoms with E-state index in [4.69, 9.17) is 18.5 Å². The molecule has 0 fully saturated rings. The fourth-order valence-corrected chi connectivity index (χ4v) is 9.72. The second-order valence-electron chi connectivity index (χ2n) is 23.8. The molecule has 498 valence electrons. The average molecular weight is 1240 g/mol. The Balaban J connectivity index is 4.15. The molecule has 1 N–H and O–H groups in total. The molecule has 2 atom stereocenters. The van der Waals surface area contributed by atoms with E-state index in [-0.39, 0.29) is 32.0 Å². The van der Waals surface area contributed by atoms with Crippen molar-refractivity contribution in [2.24, 2.45) is 0 Å². The molecule has 0 saturated carbocycles. The number of esters is 2. The summed E-state index contributed by atoms with van der Waals surface area (Å²) >= 11 is 0. The average Bonchev–Trinajstić information content (AvgIpc) is 3.56. The Labute approximate surface area is 540 Å². The number of hydrogen-bond donors (Lipinski definition) is 1. The minimum Gasteiger partial charge on any atom is -0.462 e. The van der Waals surface area contributed by atoms with Gasteiger partial charge in [0.05, 0.1) is 27.7 Å². The monoisotopic (exact) mass is 1240 g/mol. The molecule has 0 aliphatic heterocycles. The highest BCUT2D eigenvalue weighted by molar-refractivity contribution is 7.47. The smallest absolute Gasteiger partial charge is 0.462 e. The molecule has 0 aromatic heterocycles. The van der Waals surface area contributed by atoms with E-state index in [0.717, 1.165) is 135 Å². The summed E-state index contributed by atoms with van der Waals surface area (Å²) in [6.07, 6.45) is 102. The van der Waals surface area contributed by atoms with E-state index in [0.29, 0.717) is 17.4 Å². The van der Waals surface area contributed by atoms with Crippen LogP contribution in [0.4, 0.5) is 0 Å². The molecule has 0 radical (unpaired) electrons. The van der Waals surface area contributed by atoms with Crippen molar-refractivity contribution >= 4 is 19.8 Å². The second-order valence-corrected chi connectivity index (χ2v) is 25.3. The molecule has 0 heterocycles. The van der Waals surface area contributed by atoms with Crippen molar-refractivity contribution in [3.8, 4) is 0 Å². The molecule has 9 nitrogen and oxygen atoms in total. The lowest BCUT2D eigenvalue weighted by Crippen LogP contribution is -2.37. The molecule has 0 bridgehead atoms. The van der Waals surface area contributed by atoms with Gasteiger partial charge < -0.3 is 18.9 Å². The molecular formula is C78H129NO8P+. The quantitative estimate of drug-likeness (QED) is 0.0211. The van der Waals surface area contributed by atoms with E-state index in [1.165, 1.54) is 89.9 Å². The van der Waals surface area contributed by atoms with Gasteiger partial charge in [-0.3, -0.25) is 18.6 Å². The van der Waals surface area contributed by atoms with Crippen LogP contribution in [0.2, 0.25) is 0 Å². The molecule has 0 aromatic carbocycles. The van der Waals surface area contributed by atoms with Crippen molar-refractivity contribution in [1.82, 2.24) is 0 Å². The fourth-order valence-electron chi connectivity index (χ4n) is 8.98. The lowest BCUT2D eigenvalue weighted by molar-refractivity contribution is -0.870. The van der Waals surface area contributed by atoms with Crippen molar-refractivity contribution in [3.05, 3.63) is 170 Å². The summed E-state index contributed by atoms with van der Waals surface area (Å²) in [5, 5.41) is 0. The predicted octanol–water partition coefficient (Wildman–Crippen LogP) is 22.9. The van der Waals surface area contributed by atoms with Crippen LogP contribution in [0.3, 0.4) is 0 Å². The highest BCUT2D eigenvalue weighted by atomic mass is 31.2. The van der Waals surface area contributed by atoms with Crippen LogP contribution in [-0.4, -0.2) is 74.9 Å².